The first-order chi connectivity index (χ1) is 10.3. The highest BCUT2D eigenvalue weighted by Gasteiger charge is 2.09. The van der Waals surface area contributed by atoms with Gasteiger partial charge in [-0.2, -0.15) is 9.97 Å². The molecular formula is C14H15BrN6. The Balaban J connectivity index is 1.84. The number of imidazole rings is 1. The second kappa shape index (κ2) is 6.09. The van der Waals surface area contributed by atoms with Crippen LogP contribution in [0.2, 0.25) is 0 Å². The third-order valence-electron chi connectivity index (χ3n) is 2.99. The van der Waals surface area contributed by atoms with Crippen LogP contribution in [-0.4, -0.2) is 26.5 Å². The highest BCUT2D eigenvalue weighted by atomic mass is 79.9. The van der Waals surface area contributed by atoms with Crippen molar-refractivity contribution in [2.45, 2.75) is 13.5 Å². The number of benzene rings is 1. The van der Waals surface area contributed by atoms with Crippen molar-refractivity contribution in [2.24, 2.45) is 0 Å². The molecule has 6 nitrogen and oxygen atoms in total. The number of anilines is 2. The van der Waals surface area contributed by atoms with E-state index in [-0.39, 0.29) is 0 Å². The number of hydrogen-bond donors (Lipinski definition) is 3. The number of aromatic amines is 1. The van der Waals surface area contributed by atoms with Crippen LogP contribution in [0.25, 0.3) is 11.2 Å². The molecule has 0 radical (unpaired) electrons. The fourth-order valence-electron chi connectivity index (χ4n) is 1.99. The Kier molecular flexibility index (Phi) is 4.01. The molecule has 0 aliphatic carbocycles. The van der Waals surface area contributed by atoms with Gasteiger partial charge in [-0.25, -0.2) is 4.98 Å². The highest BCUT2D eigenvalue weighted by molar-refractivity contribution is 9.10. The van der Waals surface area contributed by atoms with Crippen molar-refractivity contribution in [1.29, 1.82) is 0 Å². The molecule has 0 bridgehead atoms. The summed E-state index contributed by atoms with van der Waals surface area (Å²) in [4.78, 5) is 16.1. The summed E-state index contributed by atoms with van der Waals surface area (Å²) in [6.07, 6.45) is 1.62. The Morgan fingerprint density at radius 3 is 2.71 bits per heavy atom. The number of halogens is 1. The van der Waals surface area contributed by atoms with E-state index in [0.717, 1.165) is 22.4 Å². The zero-order chi connectivity index (χ0) is 14.7. The Morgan fingerprint density at radius 2 is 1.95 bits per heavy atom. The fourth-order valence-corrected chi connectivity index (χ4v) is 2.25. The van der Waals surface area contributed by atoms with E-state index >= 15 is 0 Å². The molecule has 0 spiro atoms. The molecule has 3 aromatic rings. The first kappa shape index (κ1) is 13.8. The van der Waals surface area contributed by atoms with Crippen molar-refractivity contribution < 1.29 is 0 Å². The lowest BCUT2D eigenvalue weighted by molar-refractivity contribution is 1.07. The van der Waals surface area contributed by atoms with Crippen LogP contribution < -0.4 is 10.6 Å². The summed E-state index contributed by atoms with van der Waals surface area (Å²) in [6, 6.07) is 8.17. The number of nitrogens with one attached hydrogen (secondary N) is 3. The van der Waals surface area contributed by atoms with E-state index < -0.39 is 0 Å². The van der Waals surface area contributed by atoms with Crippen molar-refractivity contribution in [2.75, 3.05) is 17.2 Å². The number of nitrogens with zero attached hydrogens (tertiary/aromatic N) is 3. The van der Waals surface area contributed by atoms with Gasteiger partial charge in [-0.05, 0) is 24.6 Å². The molecular weight excluding hydrogens is 332 g/mol. The SMILES string of the molecule is CCNc1nc(NCc2ccc(Br)cc2)c2[nH]cnc2n1. The molecule has 0 atom stereocenters. The molecule has 0 aliphatic heterocycles. The normalized spacial score (nSPS) is 10.8. The van der Waals surface area contributed by atoms with Gasteiger partial charge in [-0.3, -0.25) is 0 Å². The molecule has 0 saturated heterocycles. The first-order valence-electron chi connectivity index (χ1n) is 6.69. The molecule has 2 aromatic heterocycles. The first-order valence-corrected chi connectivity index (χ1v) is 7.49. The molecule has 3 N–H and O–H groups in total. The monoisotopic (exact) mass is 346 g/mol. The third kappa shape index (κ3) is 3.13. The number of hydrogen-bond acceptors (Lipinski definition) is 5. The predicted octanol–water partition coefficient (Wildman–Crippen LogP) is 3.16. The second-order valence-electron chi connectivity index (χ2n) is 4.51. The molecule has 3 rings (SSSR count). The van der Waals surface area contributed by atoms with Gasteiger partial charge in [0.1, 0.15) is 5.52 Å². The van der Waals surface area contributed by atoms with Crippen LogP contribution in [0.15, 0.2) is 35.1 Å². The van der Waals surface area contributed by atoms with Crippen LogP contribution in [0.4, 0.5) is 11.8 Å². The highest BCUT2D eigenvalue weighted by Crippen LogP contribution is 2.19. The molecule has 108 valence electrons. The van der Waals surface area contributed by atoms with Gasteiger partial charge in [-0.15, -0.1) is 0 Å². The minimum absolute atomic E-state index is 0.579. The van der Waals surface area contributed by atoms with Gasteiger partial charge in [0, 0.05) is 17.6 Å². The van der Waals surface area contributed by atoms with Crippen molar-refractivity contribution in [3.05, 3.63) is 40.6 Å². The van der Waals surface area contributed by atoms with E-state index in [1.807, 2.05) is 19.1 Å². The van der Waals surface area contributed by atoms with Gasteiger partial charge in [-0.1, -0.05) is 28.1 Å². The number of aromatic nitrogens is 4. The van der Waals surface area contributed by atoms with E-state index in [4.69, 9.17) is 0 Å². The van der Waals surface area contributed by atoms with Crippen LogP contribution >= 0.6 is 15.9 Å². The van der Waals surface area contributed by atoms with Gasteiger partial charge >= 0.3 is 0 Å². The number of rotatable bonds is 5. The van der Waals surface area contributed by atoms with Crippen molar-refractivity contribution in [1.82, 2.24) is 19.9 Å². The number of fused-ring (bicyclic) bond motifs is 1. The Labute approximate surface area is 130 Å². The van der Waals surface area contributed by atoms with Gasteiger partial charge < -0.3 is 15.6 Å². The Bertz CT molecular complexity index is 737. The van der Waals surface area contributed by atoms with Gasteiger partial charge in [0.25, 0.3) is 0 Å². The van der Waals surface area contributed by atoms with Crippen LogP contribution in [0.1, 0.15) is 12.5 Å². The fraction of sp³-hybridized carbons (Fsp3) is 0.214. The van der Waals surface area contributed by atoms with Crippen molar-refractivity contribution in [3.8, 4) is 0 Å². The van der Waals surface area contributed by atoms with Crippen LogP contribution in [-0.2, 0) is 6.54 Å². The molecule has 2 heterocycles. The lowest BCUT2D eigenvalue weighted by Gasteiger charge is -2.09. The third-order valence-corrected chi connectivity index (χ3v) is 3.52. The van der Waals surface area contributed by atoms with Crippen molar-refractivity contribution >= 4 is 38.9 Å². The maximum atomic E-state index is 4.48. The summed E-state index contributed by atoms with van der Waals surface area (Å²) in [5.41, 5.74) is 2.64. The molecule has 0 amide bonds. The van der Waals surface area contributed by atoms with E-state index in [9.17, 15) is 0 Å². The topological polar surface area (TPSA) is 78.5 Å². The van der Waals surface area contributed by atoms with E-state index in [1.54, 1.807) is 6.33 Å². The Hall–Kier alpha value is -2.15. The van der Waals surface area contributed by atoms with Crippen molar-refractivity contribution in [3.63, 3.8) is 0 Å². The summed E-state index contributed by atoms with van der Waals surface area (Å²) in [5, 5.41) is 6.44. The predicted molar refractivity (Wildman–Crippen MR) is 87.3 cm³/mol. The largest absolute Gasteiger partial charge is 0.364 e. The van der Waals surface area contributed by atoms with Crippen LogP contribution in [0.3, 0.4) is 0 Å². The summed E-state index contributed by atoms with van der Waals surface area (Å²) in [5.74, 6) is 1.33. The molecule has 0 aliphatic rings. The molecule has 0 saturated carbocycles. The zero-order valence-electron chi connectivity index (χ0n) is 11.5. The van der Waals surface area contributed by atoms with E-state index in [0.29, 0.717) is 18.1 Å². The number of H-pyrrole nitrogens is 1. The smallest absolute Gasteiger partial charge is 0.226 e. The lowest BCUT2D eigenvalue weighted by atomic mass is 10.2. The molecule has 0 unspecified atom stereocenters. The van der Waals surface area contributed by atoms with E-state index in [1.165, 1.54) is 5.56 Å². The average molecular weight is 347 g/mol. The zero-order valence-corrected chi connectivity index (χ0v) is 13.1. The molecule has 7 heteroatoms. The lowest BCUT2D eigenvalue weighted by Crippen LogP contribution is -2.07. The summed E-state index contributed by atoms with van der Waals surface area (Å²) < 4.78 is 1.07. The molecule has 21 heavy (non-hydrogen) atoms. The Morgan fingerprint density at radius 1 is 1.14 bits per heavy atom. The van der Waals surface area contributed by atoms with Crippen LogP contribution in [0.5, 0.6) is 0 Å². The maximum absolute atomic E-state index is 4.48. The second-order valence-corrected chi connectivity index (χ2v) is 5.42. The summed E-state index contributed by atoms with van der Waals surface area (Å²) in [7, 11) is 0. The molecule has 1 aromatic carbocycles. The minimum atomic E-state index is 0.579. The van der Waals surface area contributed by atoms with Gasteiger partial charge in [0.05, 0.1) is 6.33 Å². The summed E-state index contributed by atoms with van der Waals surface area (Å²) >= 11 is 3.43. The maximum Gasteiger partial charge on any atom is 0.226 e. The standard InChI is InChI=1S/C14H15BrN6/c1-2-16-14-20-12(11-13(21-14)19-8-18-11)17-7-9-3-5-10(15)6-4-9/h3-6,8H,2,7H2,1H3,(H3,16,17,18,19,20,21). The summed E-state index contributed by atoms with van der Waals surface area (Å²) in [6.45, 7) is 3.46. The minimum Gasteiger partial charge on any atom is -0.364 e. The van der Waals surface area contributed by atoms with Crippen LogP contribution in [0, 0.1) is 0 Å². The quantitative estimate of drug-likeness (QED) is 0.661. The average Bonchev–Trinajstić information content (AvgIpc) is 2.95. The molecule has 0 fully saturated rings. The van der Waals surface area contributed by atoms with Gasteiger partial charge in [0.15, 0.2) is 11.5 Å². The van der Waals surface area contributed by atoms with Gasteiger partial charge in [0.2, 0.25) is 5.95 Å². The van der Waals surface area contributed by atoms with E-state index in [2.05, 4.69) is 58.6 Å².